The molecule has 1 aliphatic heterocycles. The minimum absolute atomic E-state index is 0.180. The maximum Gasteiger partial charge on any atom is 0.228 e. The van der Waals surface area contributed by atoms with E-state index < -0.39 is 0 Å². The van der Waals surface area contributed by atoms with Crippen LogP contribution in [0.4, 0.5) is 10.1 Å². The summed E-state index contributed by atoms with van der Waals surface area (Å²) in [7, 11) is 0. The Labute approximate surface area is 208 Å². The van der Waals surface area contributed by atoms with Crippen LogP contribution < -0.4 is 4.90 Å². The topological polar surface area (TPSA) is 42.6 Å². The molecule has 1 saturated heterocycles. The van der Waals surface area contributed by atoms with Crippen LogP contribution in [0.1, 0.15) is 44.6 Å². The Morgan fingerprint density at radius 1 is 0.971 bits per heavy atom. The van der Waals surface area contributed by atoms with Crippen LogP contribution in [0.2, 0.25) is 0 Å². The molecule has 1 aromatic heterocycles. The van der Waals surface area contributed by atoms with Crippen molar-refractivity contribution < 1.29 is 9.18 Å². The highest BCUT2D eigenvalue weighted by molar-refractivity contribution is 5.93. The summed E-state index contributed by atoms with van der Waals surface area (Å²) in [6, 6.07) is 15.0. The molecule has 0 radical (unpaired) electrons. The monoisotopic (exact) mass is 478 g/mol. The number of benzene rings is 2. The van der Waals surface area contributed by atoms with Crippen molar-refractivity contribution in [3.63, 3.8) is 0 Å². The number of halogens is 1. The van der Waals surface area contributed by atoms with Gasteiger partial charge in [-0.1, -0.05) is 38.0 Å². The van der Waals surface area contributed by atoms with E-state index in [1.807, 2.05) is 47.5 Å². The van der Waals surface area contributed by atoms with Gasteiger partial charge in [-0.3, -0.25) is 4.79 Å². The summed E-state index contributed by atoms with van der Waals surface area (Å²) in [4.78, 5) is 23.2. The number of aromatic nitrogens is 1. The molecule has 35 heavy (non-hydrogen) atoms. The molecule has 0 unspecified atom stereocenters. The molecule has 1 amide bonds. The molecule has 0 bridgehead atoms. The second-order valence-corrected chi connectivity index (χ2v) is 9.63. The predicted molar refractivity (Wildman–Crippen MR) is 142 cm³/mol. The molecule has 0 atom stereocenters. The van der Waals surface area contributed by atoms with Gasteiger partial charge in [0.25, 0.3) is 0 Å². The number of carbonyl (C=O) groups excluding carboxylic acids is 1. The first-order valence-electron chi connectivity index (χ1n) is 13.2. The lowest BCUT2D eigenvalue weighted by atomic mass is 10.1. The highest BCUT2D eigenvalue weighted by Gasteiger charge is 2.20. The fourth-order valence-electron chi connectivity index (χ4n) is 5.00. The lowest BCUT2D eigenvalue weighted by molar-refractivity contribution is -0.119. The lowest BCUT2D eigenvalue weighted by Crippen LogP contribution is -2.47. The maximum atomic E-state index is 13.6. The van der Waals surface area contributed by atoms with Gasteiger partial charge in [0.05, 0.1) is 0 Å². The minimum Gasteiger partial charge on any atom is -0.361 e. The smallest absolute Gasteiger partial charge is 0.228 e. The number of para-hydroxylation sites is 1. The van der Waals surface area contributed by atoms with Crippen LogP contribution in [0.5, 0.6) is 0 Å². The molecule has 1 fully saturated rings. The van der Waals surface area contributed by atoms with Gasteiger partial charge in [0, 0.05) is 68.5 Å². The Balaban J connectivity index is 1.18. The third-order valence-corrected chi connectivity index (χ3v) is 7.11. The first-order chi connectivity index (χ1) is 17.1. The molecule has 1 N–H and O–H groups in total. The van der Waals surface area contributed by atoms with Gasteiger partial charge in [0.1, 0.15) is 5.82 Å². The lowest BCUT2D eigenvalue weighted by Gasteiger charge is -2.35. The zero-order chi connectivity index (χ0) is 24.5. The van der Waals surface area contributed by atoms with Crippen LogP contribution in [-0.2, 0) is 11.2 Å². The van der Waals surface area contributed by atoms with E-state index in [0.717, 1.165) is 94.5 Å². The first kappa shape index (κ1) is 25.4. The largest absolute Gasteiger partial charge is 0.361 e. The summed E-state index contributed by atoms with van der Waals surface area (Å²) >= 11 is 0. The van der Waals surface area contributed by atoms with E-state index in [2.05, 4.69) is 21.7 Å². The van der Waals surface area contributed by atoms with Crippen LogP contribution in [0.3, 0.4) is 0 Å². The van der Waals surface area contributed by atoms with Crippen molar-refractivity contribution in [3.8, 4) is 0 Å². The number of hydrogen-bond donors (Lipinski definition) is 1. The summed E-state index contributed by atoms with van der Waals surface area (Å²) < 4.78 is 13.6. The van der Waals surface area contributed by atoms with E-state index in [-0.39, 0.29) is 11.7 Å². The summed E-state index contributed by atoms with van der Waals surface area (Å²) in [5.74, 6) is 0.0469. The number of piperazine rings is 1. The number of nitrogens with zero attached hydrogens (tertiary/aromatic N) is 3. The van der Waals surface area contributed by atoms with Gasteiger partial charge < -0.3 is 19.7 Å². The summed E-state index contributed by atoms with van der Waals surface area (Å²) in [5, 5.41) is 0.999. The number of H-pyrrole nitrogens is 1. The van der Waals surface area contributed by atoms with Crippen LogP contribution in [0, 0.1) is 5.82 Å². The second-order valence-electron chi connectivity index (χ2n) is 9.63. The number of carbonyl (C=O) groups is 1. The third-order valence-electron chi connectivity index (χ3n) is 7.11. The molecule has 188 valence electrons. The van der Waals surface area contributed by atoms with Crippen molar-refractivity contribution in [1.29, 1.82) is 0 Å². The summed E-state index contributed by atoms with van der Waals surface area (Å²) in [5.41, 5.74) is 3.20. The first-order valence-corrected chi connectivity index (χ1v) is 13.2. The minimum atomic E-state index is -0.180. The highest BCUT2D eigenvalue weighted by Crippen LogP contribution is 2.21. The van der Waals surface area contributed by atoms with E-state index in [1.165, 1.54) is 11.6 Å². The fraction of sp³-hybridized carbons (Fsp3) is 0.483. The van der Waals surface area contributed by atoms with E-state index >= 15 is 0 Å². The van der Waals surface area contributed by atoms with Crippen LogP contribution in [-0.4, -0.2) is 66.5 Å². The SMILES string of the molecule is CCCCCN(C(=O)CCN1CCN(CCCc2c[nH]c3ccc(F)cc23)CC1)c1ccccc1. The van der Waals surface area contributed by atoms with Gasteiger partial charge in [-0.2, -0.15) is 0 Å². The van der Waals surface area contributed by atoms with Gasteiger partial charge in [-0.05, 0) is 61.7 Å². The average molecular weight is 479 g/mol. The van der Waals surface area contributed by atoms with E-state index in [9.17, 15) is 9.18 Å². The maximum absolute atomic E-state index is 13.6. The zero-order valence-corrected chi connectivity index (χ0v) is 21.0. The highest BCUT2D eigenvalue weighted by atomic mass is 19.1. The normalized spacial score (nSPS) is 15.0. The Morgan fingerprint density at radius 2 is 1.71 bits per heavy atom. The molecule has 5 nitrogen and oxygen atoms in total. The predicted octanol–water partition coefficient (Wildman–Crippen LogP) is 5.47. The molecule has 2 heterocycles. The van der Waals surface area contributed by atoms with Crippen LogP contribution in [0.25, 0.3) is 10.9 Å². The van der Waals surface area contributed by atoms with Gasteiger partial charge in [-0.25, -0.2) is 4.39 Å². The number of anilines is 1. The van der Waals surface area contributed by atoms with Gasteiger partial charge in [0.15, 0.2) is 0 Å². The molecule has 0 spiro atoms. The van der Waals surface area contributed by atoms with Crippen molar-refractivity contribution in [2.75, 3.05) is 50.7 Å². The number of unbranched alkanes of at least 4 members (excludes halogenated alkanes) is 2. The molecule has 3 aromatic rings. The van der Waals surface area contributed by atoms with E-state index in [4.69, 9.17) is 0 Å². The average Bonchev–Trinajstić information content (AvgIpc) is 3.28. The number of aromatic amines is 1. The third kappa shape index (κ3) is 7.15. The van der Waals surface area contributed by atoms with Crippen molar-refractivity contribution in [2.45, 2.75) is 45.4 Å². The molecule has 0 aliphatic carbocycles. The Hall–Kier alpha value is -2.70. The van der Waals surface area contributed by atoms with E-state index in [1.54, 1.807) is 6.07 Å². The Morgan fingerprint density at radius 3 is 2.46 bits per heavy atom. The second kappa shape index (κ2) is 12.8. The Kier molecular flexibility index (Phi) is 9.32. The summed E-state index contributed by atoms with van der Waals surface area (Å²) in [6.07, 6.45) is 7.94. The van der Waals surface area contributed by atoms with Crippen molar-refractivity contribution in [1.82, 2.24) is 14.8 Å². The molecular formula is C29H39FN4O. The number of fused-ring (bicyclic) bond motifs is 1. The van der Waals surface area contributed by atoms with Gasteiger partial charge in [-0.15, -0.1) is 0 Å². The molecule has 0 saturated carbocycles. The van der Waals surface area contributed by atoms with Crippen molar-refractivity contribution in [3.05, 3.63) is 66.1 Å². The molecule has 6 heteroatoms. The standard InChI is InChI=1S/C29H39FN4O/c1-2-3-7-16-34(26-10-5-4-6-11-26)29(35)14-17-33-20-18-32(19-21-33)15-8-9-24-23-31-28-13-12-25(30)22-27(24)28/h4-6,10-13,22-23,31H,2-3,7-9,14-21H2,1H3. The van der Waals surface area contributed by atoms with Gasteiger partial charge in [0.2, 0.25) is 5.91 Å². The fourth-order valence-corrected chi connectivity index (χ4v) is 5.00. The van der Waals surface area contributed by atoms with Gasteiger partial charge >= 0.3 is 0 Å². The summed E-state index contributed by atoms with van der Waals surface area (Å²) in [6.45, 7) is 8.95. The molecular weight excluding hydrogens is 439 g/mol. The molecule has 4 rings (SSSR count). The Bertz CT molecular complexity index is 1060. The number of rotatable bonds is 12. The number of amides is 1. The quantitative estimate of drug-likeness (QED) is 0.351. The molecule has 2 aromatic carbocycles. The number of nitrogens with one attached hydrogen (secondary N) is 1. The number of aryl methyl sites for hydroxylation is 1. The van der Waals surface area contributed by atoms with Crippen LogP contribution in [0.15, 0.2) is 54.7 Å². The molecule has 1 aliphatic rings. The van der Waals surface area contributed by atoms with E-state index in [0.29, 0.717) is 6.42 Å². The van der Waals surface area contributed by atoms with Crippen LogP contribution >= 0.6 is 0 Å². The van der Waals surface area contributed by atoms with Crippen molar-refractivity contribution in [2.24, 2.45) is 0 Å². The zero-order valence-electron chi connectivity index (χ0n) is 21.0. The van der Waals surface area contributed by atoms with Crippen molar-refractivity contribution >= 4 is 22.5 Å². The number of hydrogen-bond acceptors (Lipinski definition) is 3.